The average molecular weight is 273 g/mol. The van der Waals surface area contributed by atoms with Gasteiger partial charge in [0.25, 0.3) is 0 Å². The van der Waals surface area contributed by atoms with Gasteiger partial charge in [-0.05, 0) is 40.7 Å². The van der Waals surface area contributed by atoms with Gasteiger partial charge in [0, 0.05) is 18.2 Å². The molecule has 0 aliphatic heterocycles. The Kier molecular flexibility index (Phi) is 4.99. The molecule has 5 heteroatoms. The molecule has 1 aromatic rings. The maximum absolute atomic E-state index is 11.7. The molecule has 1 heterocycles. The largest absolute Gasteiger partial charge is 0.466 e. The fourth-order valence-electron chi connectivity index (χ4n) is 1.84. The van der Waals surface area contributed by atoms with Crippen molar-refractivity contribution in [2.24, 2.45) is 0 Å². The number of hydrogen-bond donors (Lipinski definition) is 1. The van der Waals surface area contributed by atoms with E-state index in [1.165, 1.54) is 0 Å². The summed E-state index contributed by atoms with van der Waals surface area (Å²) in [5.41, 5.74) is 1.09. The normalized spacial score (nSPS) is 14.1. The average Bonchev–Trinajstić information content (AvgIpc) is 2.57. The van der Waals surface area contributed by atoms with E-state index in [1.54, 1.807) is 13.8 Å². The van der Waals surface area contributed by atoms with Crippen molar-refractivity contribution in [3.05, 3.63) is 23.2 Å². The van der Waals surface area contributed by atoms with Gasteiger partial charge in [0.2, 0.25) is 0 Å². The van der Waals surface area contributed by atoms with E-state index >= 15 is 0 Å². The summed E-state index contributed by atoms with van der Waals surface area (Å²) in [6, 6.07) is 2.09. The first-order chi connectivity index (χ1) is 8.24. The van der Waals surface area contributed by atoms with Crippen LogP contribution in [0.2, 0.25) is 0 Å². The van der Waals surface area contributed by atoms with Gasteiger partial charge >= 0.3 is 0 Å². The first-order valence-electron chi connectivity index (χ1n) is 6.26. The minimum absolute atomic E-state index is 0.102. The van der Waals surface area contributed by atoms with Crippen LogP contribution in [-0.4, -0.2) is 26.0 Å². The maximum Gasteiger partial charge on any atom is 0.153 e. The molecule has 0 bridgehead atoms. The third kappa shape index (κ3) is 3.85. The highest BCUT2D eigenvalue weighted by Crippen LogP contribution is 2.20. The molecule has 0 saturated carbocycles. The predicted octanol–water partition coefficient (Wildman–Crippen LogP) is 2.37. The summed E-state index contributed by atoms with van der Waals surface area (Å²) in [6.45, 7) is 9.73. The summed E-state index contributed by atoms with van der Waals surface area (Å²) in [6.07, 6.45) is 0. The standard InChI is InChI=1S/C13H23NO3S/c1-9(2)18(15,16)7-6-14-11(4)13-8-10(3)17-12(13)5/h8-9,11,14H,6-7H2,1-5H3. The van der Waals surface area contributed by atoms with Gasteiger partial charge in [-0.25, -0.2) is 8.42 Å². The van der Waals surface area contributed by atoms with Crippen molar-refractivity contribution in [1.82, 2.24) is 5.32 Å². The zero-order valence-corrected chi connectivity index (χ0v) is 12.6. The predicted molar refractivity (Wildman–Crippen MR) is 73.5 cm³/mol. The van der Waals surface area contributed by atoms with Gasteiger partial charge in [-0.15, -0.1) is 0 Å². The van der Waals surface area contributed by atoms with Crippen LogP contribution < -0.4 is 5.32 Å². The fraction of sp³-hybridized carbons (Fsp3) is 0.692. The van der Waals surface area contributed by atoms with Crippen LogP contribution in [0.5, 0.6) is 0 Å². The number of rotatable bonds is 6. The Morgan fingerprint density at radius 1 is 1.28 bits per heavy atom. The summed E-state index contributed by atoms with van der Waals surface area (Å²) in [5.74, 6) is 1.94. The van der Waals surface area contributed by atoms with Gasteiger partial charge < -0.3 is 9.73 Å². The van der Waals surface area contributed by atoms with Gasteiger partial charge in [0.15, 0.2) is 9.84 Å². The van der Waals surface area contributed by atoms with Gasteiger partial charge in [-0.2, -0.15) is 0 Å². The van der Waals surface area contributed by atoms with Gasteiger partial charge in [0.1, 0.15) is 11.5 Å². The lowest BCUT2D eigenvalue weighted by Gasteiger charge is -2.14. The molecule has 1 N–H and O–H groups in total. The van der Waals surface area contributed by atoms with Crippen molar-refractivity contribution < 1.29 is 12.8 Å². The highest BCUT2D eigenvalue weighted by molar-refractivity contribution is 7.92. The van der Waals surface area contributed by atoms with Crippen LogP contribution in [0.3, 0.4) is 0 Å². The molecule has 0 radical (unpaired) electrons. The molecule has 1 rings (SSSR count). The molecule has 0 aromatic carbocycles. The van der Waals surface area contributed by atoms with Crippen molar-refractivity contribution >= 4 is 9.84 Å². The number of hydrogen-bond acceptors (Lipinski definition) is 4. The van der Waals surface area contributed by atoms with Gasteiger partial charge in [-0.1, -0.05) is 0 Å². The van der Waals surface area contributed by atoms with Crippen LogP contribution in [0.15, 0.2) is 10.5 Å². The van der Waals surface area contributed by atoms with Crippen LogP contribution >= 0.6 is 0 Å². The quantitative estimate of drug-likeness (QED) is 0.864. The Labute approximate surface area is 110 Å². The van der Waals surface area contributed by atoms with Crippen LogP contribution in [-0.2, 0) is 9.84 Å². The molecule has 1 unspecified atom stereocenters. The summed E-state index contributed by atoms with van der Waals surface area (Å²) in [7, 11) is -2.97. The number of nitrogens with one attached hydrogen (secondary N) is 1. The molecule has 1 atom stereocenters. The maximum atomic E-state index is 11.7. The van der Waals surface area contributed by atoms with E-state index in [9.17, 15) is 8.42 Å². The number of sulfone groups is 1. The van der Waals surface area contributed by atoms with E-state index in [-0.39, 0.29) is 17.0 Å². The second kappa shape index (κ2) is 5.89. The lowest BCUT2D eigenvalue weighted by atomic mass is 10.1. The Morgan fingerprint density at radius 3 is 2.33 bits per heavy atom. The van der Waals surface area contributed by atoms with E-state index in [0.29, 0.717) is 6.54 Å². The Bertz CT molecular complexity index is 488. The number of aryl methyl sites for hydroxylation is 2. The summed E-state index contributed by atoms with van der Waals surface area (Å²) >= 11 is 0. The molecule has 4 nitrogen and oxygen atoms in total. The molecule has 0 spiro atoms. The minimum atomic E-state index is -2.97. The van der Waals surface area contributed by atoms with E-state index in [0.717, 1.165) is 17.1 Å². The second-order valence-electron chi connectivity index (χ2n) is 4.96. The summed E-state index contributed by atoms with van der Waals surface area (Å²) < 4.78 is 28.8. The van der Waals surface area contributed by atoms with Crippen molar-refractivity contribution in [1.29, 1.82) is 0 Å². The zero-order chi connectivity index (χ0) is 13.9. The smallest absolute Gasteiger partial charge is 0.153 e. The molecule has 0 aliphatic carbocycles. The van der Waals surface area contributed by atoms with E-state index in [2.05, 4.69) is 5.32 Å². The lowest BCUT2D eigenvalue weighted by Crippen LogP contribution is -2.29. The lowest BCUT2D eigenvalue weighted by molar-refractivity contribution is 0.492. The topological polar surface area (TPSA) is 59.3 Å². The Balaban J connectivity index is 2.53. The Hall–Kier alpha value is -0.810. The molecule has 18 heavy (non-hydrogen) atoms. The van der Waals surface area contributed by atoms with Crippen molar-refractivity contribution in [2.75, 3.05) is 12.3 Å². The van der Waals surface area contributed by atoms with Crippen LogP contribution in [0, 0.1) is 13.8 Å². The van der Waals surface area contributed by atoms with Gasteiger partial charge in [0.05, 0.1) is 11.0 Å². The molecule has 0 fully saturated rings. The third-order valence-corrected chi connectivity index (χ3v) is 5.31. The SMILES string of the molecule is Cc1cc(C(C)NCCS(=O)(=O)C(C)C)c(C)o1. The minimum Gasteiger partial charge on any atom is -0.466 e. The molecule has 104 valence electrons. The van der Waals surface area contributed by atoms with E-state index < -0.39 is 9.84 Å². The monoisotopic (exact) mass is 273 g/mol. The third-order valence-electron chi connectivity index (χ3n) is 3.10. The molecule has 1 aromatic heterocycles. The van der Waals surface area contributed by atoms with Crippen molar-refractivity contribution in [3.63, 3.8) is 0 Å². The van der Waals surface area contributed by atoms with E-state index in [4.69, 9.17) is 4.42 Å². The fourth-order valence-corrected chi connectivity index (χ4v) is 2.72. The van der Waals surface area contributed by atoms with Crippen LogP contribution in [0.1, 0.15) is 43.9 Å². The molecular weight excluding hydrogens is 250 g/mol. The van der Waals surface area contributed by atoms with Gasteiger partial charge in [-0.3, -0.25) is 0 Å². The van der Waals surface area contributed by atoms with Crippen molar-refractivity contribution in [3.8, 4) is 0 Å². The molecular formula is C13H23NO3S. The first-order valence-corrected chi connectivity index (χ1v) is 7.97. The summed E-state index contributed by atoms with van der Waals surface area (Å²) in [4.78, 5) is 0. The highest BCUT2D eigenvalue weighted by Gasteiger charge is 2.17. The van der Waals surface area contributed by atoms with Crippen molar-refractivity contribution in [2.45, 2.75) is 45.9 Å². The molecule has 0 saturated heterocycles. The first kappa shape index (κ1) is 15.2. The Morgan fingerprint density at radius 2 is 1.89 bits per heavy atom. The zero-order valence-electron chi connectivity index (χ0n) is 11.8. The van der Waals surface area contributed by atoms with Crippen LogP contribution in [0.4, 0.5) is 0 Å². The van der Waals surface area contributed by atoms with E-state index in [1.807, 2.05) is 26.8 Å². The summed E-state index contributed by atoms with van der Waals surface area (Å²) in [5, 5.41) is 2.91. The number of furan rings is 1. The molecule has 0 aliphatic rings. The highest BCUT2D eigenvalue weighted by atomic mass is 32.2. The van der Waals surface area contributed by atoms with Crippen LogP contribution in [0.25, 0.3) is 0 Å². The molecule has 0 amide bonds. The second-order valence-corrected chi connectivity index (χ2v) is 7.64.